The summed E-state index contributed by atoms with van der Waals surface area (Å²) in [5, 5.41) is 0. The van der Waals surface area contributed by atoms with Crippen molar-refractivity contribution in [1.82, 2.24) is 0 Å². The van der Waals surface area contributed by atoms with Crippen LogP contribution in [-0.4, -0.2) is 19.2 Å². The van der Waals surface area contributed by atoms with E-state index in [1.165, 1.54) is 6.92 Å². The summed E-state index contributed by atoms with van der Waals surface area (Å²) < 4.78 is 74.8. The lowest BCUT2D eigenvalue weighted by atomic mass is 10.2. The minimum atomic E-state index is -2.22. The number of hydrogen-bond donors (Lipinski definition) is 0. The quantitative estimate of drug-likeness (QED) is 0.193. The van der Waals surface area contributed by atoms with E-state index in [-0.39, 0.29) is 25.2 Å². The maximum Gasteiger partial charge on any atom is 0.333 e. The summed E-state index contributed by atoms with van der Waals surface area (Å²) in [4.78, 5) is 11.0. The SMILES string of the molecule is C=C(C)C(=O)OCCCOCc1c(F)c(F)c(F)c(F)c1F. The summed E-state index contributed by atoms with van der Waals surface area (Å²) in [6, 6.07) is 0. The Hall–Kier alpha value is -1.96. The van der Waals surface area contributed by atoms with E-state index in [1.54, 1.807) is 0 Å². The summed E-state index contributed by atoms with van der Waals surface area (Å²) in [6.07, 6.45) is 0.189. The Kier molecular flexibility index (Phi) is 6.48. The van der Waals surface area contributed by atoms with Crippen molar-refractivity contribution in [2.45, 2.75) is 20.0 Å². The second-order valence-corrected chi connectivity index (χ2v) is 4.37. The van der Waals surface area contributed by atoms with Crippen LogP contribution in [0.4, 0.5) is 22.0 Å². The number of rotatable bonds is 7. The molecule has 0 atom stereocenters. The van der Waals surface area contributed by atoms with Crippen LogP contribution < -0.4 is 0 Å². The standard InChI is InChI=1S/C14H13F5O3/c1-7(2)14(20)22-5-3-4-21-6-8-9(15)11(17)13(19)12(18)10(8)16/h1,3-6H2,2H3. The van der Waals surface area contributed by atoms with Gasteiger partial charge in [0.05, 0.1) is 25.4 Å². The normalized spacial score (nSPS) is 10.6. The first-order valence-electron chi connectivity index (χ1n) is 6.18. The summed E-state index contributed by atoms with van der Waals surface area (Å²) in [5.41, 5.74) is -0.836. The van der Waals surface area contributed by atoms with Crippen LogP contribution in [0.25, 0.3) is 0 Å². The third kappa shape index (κ3) is 4.27. The molecule has 0 radical (unpaired) electrons. The number of ether oxygens (including phenoxy) is 2. The summed E-state index contributed by atoms with van der Waals surface area (Å²) in [7, 11) is 0. The average molecular weight is 324 g/mol. The third-order valence-corrected chi connectivity index (χ3v) is 2.56. The highest BCUT2D eigenvalue weighted by Gasteiger charge is 2.25. The van der Waals surface area contributed by atoms with Crippen LogP contribution in [-0.2, 0) is 20.9 Å². The van der Waals surface area contributed by atoms with Gasteiger partial charge in [-0.2, -0.15) is 0 Å². The van der Waals surface area contributed by atoms with Crippen LogP contribution in [0.5, 0.6) is 0 Å². The average Bonchev–Trinajstić information content (AvgIpc) is 2.49. The van der Waals surface area contributed by atoms with Crippen LogP contribution in [0.15, 0.2) is 12.2 Å². The number of esters is 1. The van der Waals surface area contributed by atoms with Crippen LogP contribution in [0.2, 0.25) is 0 Å². The van der Waals surface area contributed by atoms with Crippen molar-refractivity contribution in [3.05, 3.63) is 46.8 Å². The zero-order valence-corrected chi connectivity index (χ0v) is 11.7. The predicted octanol–water partition coefficient (Wildman–Crippen LogP) is 3.41. The molecule has 0 aliphatic heterocycles. The zero-order valence-electron chi connectivity index (χ0n) is 11.7. The third-order valence-electron chi connectivity index (χ3n) is 2.56. The fraction of sp³-hybridized carbons (Fsp3) is 0.357. The summed E-state index contributed by atoms with van der Waals surface area (Å²) >= 11 is 0. The largest absolute Gasteiger partial charge is 0.462 e. The molecule has 122 valence electrons. The highest BCUT2D eigenvalue weighted by atomic mass is 19.2. The molecular weight excluding hydrogens is 311 g/mol. The van der Waals surface area contributed by atoms with Crippen LogP contribution in [0.1, 0.15) is 18.9 Å². The molecule has 0 saturated carbocycles. The lowest BCUT2D eigenvalue weighted by Crippen LogP contribution is -2.11. The molecule has 0 heterocycles. The van der Waals surface area contributed by atoms with E-state index in [0.717, 1.165) is 0 Å². The van der Waals surface area contributed by atoms with E-state index >= 15 is 0 Å². The Morgan fingerprint density at radius 2 is 1.45 bits per heavy atom. The van der Waals surface area contributed by atoms with Gasteiger partial charge in [0.25, 0.3) is 0 Å². The molecule has 3 nitrogen and oxygen atoms in total. The van der Waals surface area contributed by atoms with Crippen molar-refractivity contribution in [2.75, 3.05) is 13.2 Å². The molecule has 1 aromatic rings. The monoisotopic (exact) mass is 324 g/mol. The Morgan fingerprint density at radius 1 is 0.955 bits per heavy atom. The number of hydrogen-bond acceptors (Lipinski definition) is 3. The van der Waals surface area contributed by atoms with Gasteiger partial charge in [-0.15, -0.1) is 0 Å². The minimum Gasteiger partial charge on any atom is -0.462 e. The van der Waals surface area contributed by atoms with E-state index in [1.807, 2.05) is 0 Å². The Labute approximate surface area is 123 Å². The lowest BCUT2D eigenvalue weighted by molar-refractivity contribution is -0.139. The van der Waals surface area contributed by atoms with Gasteiger partial charge in [-0.05, 0) is 6.92 Å². The molecule has 0 unspecified atom stereocenters. The fourth-order valence-corrected chi connectivity index (χ4v) is 1.40. The molecule has 0 bridgehead atoms. The molecular formula is C14H13F5O3. The number of halogens is 5. The van der Waals surface area contributed by atoms with E-state index < -0.39 is 47.2 Å². The van der Waals surface area contributed by atoms with Gasteiger partial charge in [-0.3, -0.25) is 0 Å². The van der Waals surface area contributed by atoms with Crippen molar-refractivity contribution in [3.8, 4) is 0 Å². The summed E-state index contributed by atoms with van der Waals surface area (Å²) in [6.45, 7) is 3.91. The smallest absolute Gasteiger partial charge is 0.333 e. The van der Waals surface area contributed by atoms with E-state index in [2.05, 4.69) is 6.58 Å². The first-order chi connectivity index (χ1) is 10.3. The van der Waals surface area contributed by atoms with Gasteiger partial charge in [-0.1, -0.05) is 6.58 Å². The van der Waals surface area contributed by atoms with Crippen molar-refractivity contribution >= 4 is 5.97 Å². The molecule has 0 fully saturated rings. The van der Waals surface area contributed by atoms with Crippen LogP contribution >= 0.6 is 0 Å². The van der Waals surface area contributed by atoms with Gasteiger partial charge in [0, 0.05) is 12.0 Å². The van der Waals surface area contributed by atoms with Gasteiger partial charge < -0.3 is 9.47 Å². The van der Waals surface area contributed by atoms with E-state index in [9.17, 15) is 26.7 Å². The second kappa shape index (κ2) is 7.88. The first kappa shape index (κ1) is 18.1. The highest BCUT2D eigenvalue weighted by Crippen LogP contribution is 2.23. The molecule has 0 saturated heterocycles. The molecule has 0 amide bonds. The summed E-state index contributed by atoms with van der Waals surface area (Å²) in [5.74, 6) is -10.7. The van der Waals surface area contributed by atoms with E-state index in [4.69, 9.17) is 9.47 Å². The molecule has 1 aromatic carbocycles. The fourth-order valence-electron chi connectivity index (χ4n) is 1.40. The molecule has 0 spiro atoms. The minimum absolute atomic E-state index is 0.0250. The zero-order chi connectivity index (χ0) is 16.9. The molecule has 8 heteroatoms. The predicted molar refractivity (Wildman–Crippen MR) is 66.3 cm³/mol. The van der Waals surface area contributed by atoms with Crippen molar-refractivity contribution in [3.63, 3.8) is 0 Å². The topological polar surface area (TPSA) is 35.5 Å². The Bertz CT molecular complexity index is 557. The van der Waals surface area contributed by atoms with E-state index in [0.29, 0.717) is 0 Å². The van der Waals surface area contributed by atoms with Crippen molar-refractivity contribution in [1.29, 1.82) is 0 Å². The second-order valence-electron chi connectivity index (χ2n) is 4.37. The lowest BCUT2D eigenvalue weighted by Gasteiger charge is -2.09. The van der Waals surface area contributed by atoms with Crippen LogP contribution in [0.3, 0.4) is 0 Å². The van der Waals surface area contributed by atoms with Crippen molar-refractivity contribution in [2.24, 2.45) is 0 Å². The number of carbonyl (C=O) groups excluding carboxylic acids is 1. The maximum absolute atomic E-state index is 13.3. The molecule has 0 aliphatic rings. The number of benzene rings is 1. The first-order valence-corrected chi connectivity index (χ1v) is 6.18. The molecule has 22 heavy (non-hydrogen) atoms. The van der Waals surface area contributed by atoms with Crippen LogP contribution in [0, 0.1) is 29.1 Å². The molecule has 0 aliphatic carbocycles. The van der Waals surface area contributed by atoms with Gasteiger partial charge in [0.1, 0.15) is 0 Å². The number of carbonyl (C=O) groups is 1. The molecule has 1 rings (SSSR count). The van der Waals surface area contributed by atoms with Gasteiger partial charge in [-0.25, -0.2) is 26.7 Å². The van der Waals surface area contributed by atoms with Gasteiger partial charge in [0.15, 0.2) is 23.3 Å². The maximum atomic E-state index is 13.3. The van der Waals surface area contributed by atoms with Gasteiger partial charge in [0.2, 0.25) is 5.82 Å². The Balaban J connectivity index is 2.50. The molecule has 0 aromatic heterocycles. The Morgan fingerprint density at radius 3 is 1.95 bits per heavy atom. The highest BCUT2D eigenvalue weighted by molar-refractivity contribution is 5.86. The van der Waals surface area contributed by atoms with Crippen molar-refractivity contribution < 1.29 is 36.2 Å². The van der Waals surface area contributed by atoms with Gasteiger partial charge >= 0.3 is 5.97 Å². The molecule has 0 N–H and O–H groups in total.